The van der Waals surface area contributed by atoms with E-state index in [2.05, 4.69) is 27.0 Å². The molecule has 7 nitrogen and oxygen atoms in total. The van der Waals surface area contributed by atoms with E-state index in [1.165, 1.54) is 4.88 Å². The summed E-state index contributed by atoms with van der Waals surface area (Å²) in [4.78, 5) is 28.1. The Morgan fingerprint density at radius 2 is 1.78 bits per heavy atom. The first-order valence-electron chi connectivity index (χ1n) is 11.1. The van der Waals surface area contributed by atoms with E-state index in [9.17, 15) is 9.59 Å². The number of thiophene rings is 1. The van der Waals surface area contributed by atoms with E-state index >= 15 is 0 Å². The van der Waals surface area contributed by atoms with Gasteiger partial charge in [-0.2, -0.15) is 0 Å². The Morgan fingerprint density at radius 1 is 1.03 bits per heavy atom. The van der Waals surface area contributed by atoms with Crippen molar-refractivity contribution in [3.05, 3.63) is 46.2 Å². The van der Waals surface area contributed by atoms with Crippen LogP contribution in [0.4, 0.5) is 0 Å². The van der Waals surface area contributed by atoms with Gasteiger partial charge in [-0.3, -0.25) is 14.5 Å². The summed E-state index contributed by atoms with van der Waals surface area (Å²) in [7, 11) is 3.22. The van der Waals surface area contributed by atoms with Gasteiger partial charge in [0.2, 0.25) is 11.8 Å². The predicted molar refractivity (Wildman–Crippen MR) is 126 cm³/mol. The maximum atomic E-state index is 12.4. The highest BCUT2D eigenvalue weighted by atomic mass is 32.1. The van der Waals surface area contributed by atoms with Crippen molar-refractivity contribution in [2.24, 2.45) is 5.92 Å². The van der Waals surface area contributed by atoms with Crippen LogP contribution in [0.2, 0.25) is 0 Å². The molecule has 2 amide bonds. The first-order valence-corrected chi connectivity index (χ1v) is 12.0. The summed E-state index contributed by atoms with van der Waals surface area (Å²) in [6.45, 7) is 3.16. The fourth-order valence-electron chi connectivity index (χ4n) is 3.90. The van der Waals surface area contributed by atoms with E-state index in [1.54, 1.807) is 25.6 Å². The number of carbonyl (C=O) groups is 2. The van der Waals surface area contributed by atoms with E-state index in [0.29, 0.717) is 31.1 Å². The van der Waals surface area contributed by atoms with Gasteiger partial charge in [-0.05, 0) is 67.9 Å². The van der Waals surface area contributed by atoms with Crippen molar-refractivity contribution in [2.75, 3.05) is 46.9 Å². The average molecular weight is 460 g/mol. The molecule has 1 saturated heterocycles. The molecule has 0 unspecified atom stereocenters. The third-order valence-corrected chi connectivity index (χ3v) is 6.70. The van der Waals surface area contributed by atoms with Gasteiger partial charge in [0.15, 0.2) is 11.5 Å². The van der Waals surface area contributed by atoms with Crippen LogP contribution >= 0.6 is 11.3 Å². The number of nitrogens with zero attached hydrogens (tertiary/aromatic N) is 1. The van der Waals surface area contributed by atoms with Crippen LogP contribution in [0.1, 0.15) is 23.3 Å². The Hall–Kier alpha value is -2.58. The summed E-state index contributed by atoms with van der Waals surface area (Å²) in [6.07, 6.45) is 3.19. The number of hydrogen-bond acceptors (Lipinski definition) is 6. The molecule has 1 fully saturated rings. The van der Waals surface area contributed by atoms with Crippen LogP contribution < -0.4 is 20.1 Å². The number of carbonyl (C=O) groups excluding carboxylic acids is 2. The Balaban J connectivity index is 1.30. The predicted octanol–water partition coefficient (Wildman–Crippen LogP) is 2.49. The van der Waals surface area contributed by atoms with Gasteiger partial charge in [-0.1, -0.05) is 12.1 Å². The highest BCUT2D eigenvalue weighted by Gasteiger charge is 2.25. The van der Waals surface area contributed by atoms with Crippen molar-refractivity contribution in [1.82, 2.24) is 15.5 Å². The lowest BCUT2D eigenvalue weighted by atomic mass is 9.96. The normalized spacial score (nSPS) is 14.7. The highest BCUT2D eigenvalue weighted by Crippen LogP contribution is 2.27. The molecule has 174 valence electrons. The number of piperidine rings is 1. The molecule has 1 aliphatic heterocycles. The molecule has 2 N–H and O–H groups in total. The molecule has 8 heteroatoms. The van der Waals surface area contributed by atoms with E-state index in [-0.39, 0.29) is 17.7 Å². The summed E-state index contributed by atoms with van der Waals surface area (Å²) < 4.78 is 10.6. The molecule has 2 heterocycles. The van der Waals surface area contributed by atoms with Gasteiger partial charge >= 0.3 is 0 Å². The lowest BCUT2D eigenvalue weighted by Crippen LogP contribution is -2.44. The number of likely N-dealkylation sites (tertiary alicyclic amines) is 1. The third kappa shape index (κ3) is 7.24. The molecule has 1 aliphatic rings. The Morgan fingerprint density at radius 3 is 2.47 bits per heavy atom. The number of methoxy groups -OCH3 is 2. The van der Waals surface area contributed by atoms with Crippen molar-refractivity contribution < 1.29 is 19.1 Å². The van der Waals surface area contributed by atoms with Crippen molar-refractivity contribution in [3.8, 4) is 11.5 Å². The molecule has 3 rings (SSSR count). The lowest BCUT2D eigenvalue weighted by Gasteiger charge is -2.30. The molecular formula is C24H33N3O4S. The molecule has 0 spiro atoms. The molecular weight excluding hydrogens is 426 g/mol. The molecule has 0 radical (unpaired) electrons. The van der Waals surface area contributed by atoms with Gasteiger partial charge in [0.05, 0.1) is 20.8 Å². The SMILES string of the molecule is COc1ccc(CCNC(=O)CN2CCC(C(=O)NCCc3cccs3)CC2)cc1OC. The van der Waals surface area contributed by atoms with Gasteiger partial charge in [-0.25, -0.2) is 0 Å². The van der Waals surface area contributed by atoms with Crippen molar-refractivity contribution in [3.63, 3.8) is 0 Å². The largest absolute Gasteiger partial charge is 0.493 e. The first kappa shape index (κ1) is 24.1. The van der Waals surface area contributed by atoms with E-state index in [0.717, 1.165) is 44.3 Å². The fourth-order valence-corrected chi connectivity index (χ4v) is 4.61. The number of amides is 2. The van der Waals surface area contributed by atoms with Crippen LogP contribution in [0.3, 0.4) is 0 Å². The topological polar surface area (TPSA) is 79.9 Å². The van der Waals surface area contributed by atoms with Crippen LogP contribution in [0.15, 0.2) is 35.7 Å². The van der Waals surface area contributed by atoms with Gasteiger partial charge in [-0.15, -0.1) is 11.3 Å². The van der Waals surface area contributed by atoms with Crippen LogP contribution in [0.25, 0.3) is 0 Å². The Bertz CT molecular complexity index is 864. The zero-order chi connectivity index (χ0) is 22.8. The van der Waals surface area contributed by atoms with E-state index < -0.39 is 0 Å². The second-order valence-corrected chi connectivity index (χ2v) is 8.99. The van der Waals surface area contributed by atoms with Crippen LogP contribution in [0, 0.1) is 5.92 Å². The molecule has 0 bridgehead atoms. The van der Waals surface area contributed by atoms with E-state index in [1.807, 2.05) is 24.3 Å². The van der Waals surface area contributed by atoms with Gasteiger partial charge in [0.1, 0.15) is 0 Å². The summed E-state index contributed by atoms with van der Waals surface area (Å²) in [5, 5.41) is 8.10. The van der Waals surface area contributed by atoms with Crippen molar-refractivity contribution in [2.45, 2.75) is 25.7 Å². The minimum atomic E-state index is 0.0179. The maximum absolute atomic E-state index is 12.4. The first-order chi connectivity index (χ1) is 15.6. The van der Waals surface area contributed by atoms with Crippen molar-refractivity contribution in [1.29, 1.82) is 0 Å². The second-order valence-electron chi connectivity index (χ2n) is 7.96. The van der Waals surface area contributed by atoms with Crippen molar-refractivity contribution >= 4 is 23.2 Å². The fraction of sp³-hybridized carbons (Fsp3) is 0.500. The molecule has 1 aromatic heterocycles. The molecule has 2 aromatic rings. The Kier molecular flexibility index (Phi) is 9.37. The maximum Gasteiger partial charge on any atom is 0.234 e. The van der Waals surface area contributed by atoms with Crippen LogP contribution in [-0.4, -0.2) is 63.7 Å². The average Bonchev–Trinajstić information content (AvgIpc) is 3.33. The second kappa shape index (κ2) is 12.5. The molecule has 1 aromatic carbocycles. The zero-order valence-corrected chi connectivity index (χ0v) is 19.7. The minimum Gasteiger partial charge on any atom is -0.493 e. The van der Waals surface area contributed by atoms with Crippen LogP contribution in [-0.2, 0) is 22.4 Å². The summed E-state index contributed by atoms with van der Waals surface area (Å²) in [5.74, 6) is 1.59. The molecule has 0 aliphatic carbocycles. The van der Waals surface area contributed by atoms with Gasteiger partial charge in [0.25, 0.3) is 0 Å². The zero-order valence-electron chi connectivity index (χ0n) is 18.9. The van der Waals surface area contributed by atoms with E-state index in [4.69, 9.17) is 9.47 Å². The molecule has 0 saturated carbocycles. The standard InChI is InChI=1S/C24H33N3O4S/c1-30-21-6-5-18(16-22(21)31-2)7-11-25-23(28)17-27-13-9-19(10-14-27)24(29)26-12-8-20-4-3-15-32-20/h3-6,15-16,19H,7-14,17H2,1-2H3,(H,25,28)(H,26,29). The molecule has 32 heavy (non-hydrogen) atoms. The number of hydrogen-bond donors (Lipinski definition) is 2. The van der Waals surface area contributed by atoms with Crippen LogP contribution in [0.5, 0.6) is 11.5 Å². The lowest BCUT2D eigenvalue weighted by molar-refractivity contribution is -0.126. The number of ether oxygens (including phenoxy) is 2. The highest BCUT2D eigenvalue weighted by molar-refractivity contribution is 7.09. The third-order valence-electron chi connectivity index (χ3n) is 5.76. The monoisotopic (exact) mass is 459 g/mol. The summed E-state index contributed by atoms with van der Waals surface area (Å²) in [6, 6.07) is 9.90. The quantitative estimate of drug-likeness (QED) is 0.540. The smallest absolute Gasteiger partial charge is 0.234 e. The van der Waals surface area contributed by atoms with Gasteiger partial charge < -0.3 is 20.1 Å². The summed E-state index contributed by atoms with van der Waals surface area (Å²) >= 11 is 1.72. The molecule has 0 atom stereocenters. The number of nitrogens with one attached hydrogen (secondary N) is 2. The summed E-state index contributed by atoms with van der Waals surface area (Å²) in [5.41, 5.74) is 1.08. The van der Waals surface area contributed by atoms with Gasteiger partial charge in [0, 0.05) is 23.9 Å². The number of rotatable bonds is 11. The Labute approximate surface area is 194 Å². The number of benzene rings is 1. The minimum absolute atomic E-state index is 0.0179.